The van der Waals surface area contributed by atoms with Crippen molar-refractivity contribution in [2.24, 2.45) is 0 Å². The van der Waals surface area contributed by atoms with Gasteiger partial charge in [-0.15, -0.1) is 0 Å². The Kier molecular flexibility index (Phi) is 6.78. The van der Waals surface area contributed by atoms with Crippen molar-refractivity contribution in [2.45, 2.75) is 0 Å². The Morgan fingerprint density at radius 3 is 1.51 bits per heavy atom. The predicted molar refractivity (Wildman–Crippen MR) is 209 cm³/mol. The molecule has 8 aromatic carbocycles. The molecule has 51 heavy (non-hydrogen) atoms. The highest BCUT2D eigenvalue weighted by molar-refractivity contribution is 6.13. The van der Waals surface area contributed by atoms with Crippen molar-refractivity contribution in [3.63, 3.8) is 0 Å². The third kappa shape index (κ3) is 5.13. The minimum atomic E-state index is 0.597. The highest BCUT2D eigenvalue weighted by Crippen LogP contribution is 2.40. The second kappa shape index (κ2) is 11.9. The van der Waals surface area contributed by atoms with Crippen LogP contribution in [-0.4, -0.2) is 15.0 Å². The van der Waals surface area contributed by atoms with Crippen LogP contribution in [0.25, 0.3) is 99.9 Å². The second-order valence-electron chi connectivity index (χ2n) is 12.8. The van der Waals surface area contributed by atoms with E-state index in [9.17, 15) is 0 Å². The fourth-order valence-corrected chi connectivity index (χ4v) is 7.20. The van der Waals surface area contributed by atoms with Crippen LogP contribution in [0.15, 0.2) is 180 Å². The van der Waals surface area contributed by atoms with Crippen molar-refractivity contribution in [1.82, 2.24) is 15.0 Å². The molecule has 0 spiro atoms. The van der Waals surface area contributed by atoms with E-state index in [1.165, 1.54) is 21.9 Å². The van der Waals surface area contributed by atoms with Gasteiger partial charge in [0.2, 0.25) is 0 Å². The van der Waals surface area contributed by atoms with Crippen molar-refractivity contribution in [3.8, 4) is 56.4 Å². The molecule has 0 amide bonds. The molecule has 238 valence electrons. The van der Waals surface area contributed by atoms with Crippen LogP contribution in [0.4, 0.5) is 0 Å². The summed E-state index contributed by atoms with van der Waals surface area (Å²) in [6.07, 6.45) is 0. The zero-order valence-electron chi connectivity index (χ0n) is 27.5. The Morgan fingerprint density at radius 1 is 0.314 bits per heavy atom. The lowest BCUT2D eigenvalue weighted by atomic mass is 9.93. The van der Waals surface area contributed by atoms with Gasteiger partial charge in [0.05, 0.1) is 0 Å². The predicted octanol–water partition coefficient (Wildman–Crippen LogP) is 12.4. The summed E-state index contributed by atoms with van der Waals surface area (Å²) in [6.45, 7) is 0. The van der Waals surface area contributed by atoms with Gasteiger partial charge in [0.25, 0.3) is 0 Å². The van der Waals surface area contributed by atoms with E-state index in [1.807, 2.05) is 12.1 Å². The summed E-state index contributed by atoms with van der Waals surface area (Å²) < 4.78 is 6.48. The van der Waals surface area contributed by atoms with Crippen molar-refractivity contribution < 1.29 is 4.42 Å². The van der Waals surface area contributed by atoms with Crippen molar-refractivity contribution in [2.75, 3.05) is 0 Å². The van der Waals surface area contributed by atoms with Gasteiger partial charge in [0.1, 0.15) is 11.2 Å². The van der Waals surface area contributed by atoms with Gasteiger partial charge in [-0.2, -0.15) is 0 Å². The van der Waals surface area contributed by atoms with E-state index >= 15 is 0 Å². The first-order valence-electron chi connectivity index (χ1n) is 17.1. The highest BCUT2D eigenvalue weighted by atomic mass is 16.3. The molecular weight excluding hydrogens is 623 g/mol. The van der Waals surface area contributed by atoms with Gasteiger partial charge in [-0.3, -0.25) is 0 Å². The van der Waals surface area contributed by atoms with Gasteiger partial charge < -0.3 is 4.42 Å². The lowest BCUT2D eigenvalue weighted by Crippen LogP contribution is -2.00. The van der Waals surface area contributed by atoms with Crippen molar-refractivity contribution in [1.29, 1.82) is 0 Å². The molecule has 0 aliphatic rings. The van der Waals surface area contributed by atoms with Gasteiger partial charge in [0, 0.05) is 27.5 Å². The van der Waals surface area contributed by atoms with Crippen LogP contribution in [0, 0.1) is 0 Å². The van der Waals surface area contributed by atoms with Crippen LogP contribution in [0.5, 0.6) is 0 Å². The largest absolute Gasteiger partial charge is 0.456 e. The molecule has 0 fully saturated rings. The molecule has 10 rings (SSSR count). The van der Waals surface area contributed by atoms with Crippen molar-refractivity contribution in [3.05, 3.63) is 176 Å². The molecule has 0 radical (unpaired) electrons. The SMILES string of the molecule is c1ccc(-c2ccccc2-c2ccc3oc4cccc(-c5nc(-c6ccc7ccccc7c6)nc(-c6ccc7ccccc7c6)n5)c4c3c2)cc1. The van der Waals surface area contributed by atoms with E-state index in [4.69, 9.17) is 19.4 Å². The molecule has 4 heteroatoms. The van der Waals surface area contributed by atoms with E-state index in [2.05, 4.69) is 164 Å². The van der Waals surface area contributed by atoms with Crippen LogP contribution in [0.1, 0.15) is 0 Å². The molecule has 0 atom stereocenters. The van der Waals surface area contributed by atoms with Crippen molar-refractivity contribution >= 4 is 43.5 Å². The Hall–Kier alpha value is -6.91. The summed E-state index contributed by atoms with van der Waals surface area (Å²) >= 11 is 0. The minimum absolute atomic E-state index is 0.597. The maximum absolute atomic E-state index is 6.48. The normalized spacial score (nSPS) is 11.5. The average molecular weight is 652 g/mol. The van der Waals surface area contributed by atoms with Gasteiger partial charge in [0.15, 0.2) is 17.5 Å². The lowest BCUT2D eigenvalue weighted by Gasteiger charge is -2.11. The monoisotopic (exact) mass is 651 g/mol. The van der Waals surface area contributed by atoms with Crippen LogP contribution < -0.4 is 0 Å². The molecule has 0 N–H and O–H groups in total. The summed E-state index contributed by atoms with van der Waals surface area (Å²) in [4.78, 5) is 15.4. The summed E-state index contributed by atoms with van der Waals surface area (Å²) in [5, 5.41) is 6.60. The Bertz CT molecular complexity index is 2830. The van der Waals surface area contributed by atoms with E-state index in [0.717, 1.165) is 60.5 Å². The smallest absolute Gasteiger partial charge is 0.164 e. The fraction of sp³-hybridized carbons (Fsp3) is 0. The molecular formula is C47H29N3O. The first-order valence-corrected chi connectivity index (χ1v) is 17.1. The van der Waals surface area contributed by atoms with Gasteiger partial charge >= 0.3 is 0 Å². The molecule has 2 aromatic heterocycles. The summed E-state index contributed by atoms with van der Waals surface area (Å²) in [7, 11) is 0. The lowest BCUT2D eigenvalue weighted by molar-refractivity contribution is 0.669. The second-order valence-corrected chi connectivity index (χ2v) is 12.8. The minimum Gasteiger partial charge on any atom is -0.456 e. The zero-order chi connectivity index (χ0) is 33.7. The third-order valence-electron chi connectivity index (χ3n) is 9.71. The molecule has 0 aliphatic carbocycles. The van der Waals surface area contributed by atoms with Gasteiger partial charge in [-0.1, -0.05) is 146 Å². The van der Waals surface area contributed by atoms with Gasteiger partial charge in [-0.05, 0) is 74.1 Å². The number of nitrogens with zero attached hydrogens (tertiary/aromatic N) is 3. The third-order valence-corrected chi connectivity index (χ3v) is 9.71. The highest BCUT2D eigenvalue weighted by Gasteiger charge is 2.19. The molecule has 0 saturated carbocycles. The molecule has 0 aliphatic heterocycles. The number of benzene rings is 8. The molecule has 0 saturated heterocycles. The van der Waals surface area contributed by atoms with Crippen LogP contribution in [0.2, 0.25) is 0 Å². The summed E-state index contributed by atoms with van der Waals surface area (Å²) in [5.74, 6) is 1.84. The molecule has 10 aromatic rings. The standard InChI is InChI=1S/C47H29N3O/c1-2-13-32(14-3-1)38-17-8-9-18-39(38)35-25-26-42-41(29-35)44-40(19-10-20-43(44)51-42)47-49-45(36-23-21-30-11-4-6-15-33(30)27-36)48-46(50-47)37-24-22-31-12-5-7-16-34(31)28-37/h1-29H. The number of furan rings is 1. The quantitative estimate of drug-likeness (QED) is 0.186. The number of rotatable bonds is 5. The zero-order valence-corrected chi connectivity index (χ0v) is 27.5. The maximum Gasteiger partial charge on any atom is 0.164 e. The topological polar surface area (TPSA) is 51.8 Å². The van der Waals surface area contributed by atoms with E-state index in [1.54, 1.807) is 0 Å². The average Bonchev–Trinajstić information content (AvgIpc) is 3.59. The van der Waals surface area contributed by atoms with Crippen LogP contribution in [-0.2, 0) is 0 Å². The van der Waals surface area contributed by atoms with Crippen LogP contribution in [0.3, 0.4) is 0 Å². The Balaban J connectivity index is 1.19. The number of hydrogen-bond donors (Lipinski definition) is 0. The van der Waals surface area contributed by atoms with E-state index < -0.39 is 0 Å². The Morgan fingerprint density at radius 2 is 0.843 bits per heavy atom. The maximum atomic E-state index is 6.48. The molecule has 4 nitrogen and oxygen atoms in total. The van der Waals surface area contributed by atoms with E-state index in [-0.39, 0.29) is 0 Å². The first-order chi connectivity index (χ1) is 25.2. The Labute approximate surface area is 294 Å². The molecule has 0 unspecified atom stereocenters. The molecule has 2 heterocycles. The first kappa shape index (κ1) is 29.0. The summed E-state index contributed by atoms with van der Waals surface area (Å²) in [6, 6.07) is 61.1. The number of hydrogen-bond acceptors (Lipinski definition) is 4. The number of aromatic nitrogens is 3. The van der Waals surface area contributed by atoms with E-state index in [0.29, 0.717) is 17.5 Å². The molecule has 0 bridgehead atoms. The fourth-order valence-electron chi connectivity index (χ4n) is 7.20. The number of fused-ring (bicyclic) bond motifs is 5. The van der Waals surface area contributed by atoms with Crippen LogP contribution >= 0.6 is 0 Å². The van der Waals surface area contributed by atoms with Gasteiger partial charge in [-0.25, -0.2) is 15.0 Å². The summed E-state index contributed by atoms with van der Waals surface area (Å²) in [5.41, 5.74) is 9.01.